The maximum atomic E-state index is 5.52. The van der Waals surface area contributed by atoms with Crippen molar-refractivity contribution >= 4 is 16.7 Å². The van der Waals surface area contributed by atoms with Crippen LogP contribution in [-0.4, -0.2) is 19.6 Å². The lowest BCUT2D eigenvalue weighted by Gasteiger charge is -2.06. The first-order valence-corrected chi connectivity index (χ1v) is 7.76. The molecule has 116 valence electrons. The van der Waals surface area contributed by atoms with Crippen molar-refractivity contribution in [1.29, 1.82) is 0 Å². The molecule has 24 heavy (non-hydrogen) atoms. The van der Waals surface area contributed by atoms with Crippen LogP contribution >= 0.6 is 0 Å². The molecule has 5 heteroatoms. The lowest BCUT2D eigenvalue weighted by molar-refractivity contribution is 0.596. The zero-order valence-corrected chi connectivity index (χ0v) is 13.0. The van der Waals surface area contributed by atoms with Crippen LogP contribution in [0.2, 0.25) is 0 Å². The Morgan fingerprint density at radius 2 is 2.04 bits per heavy atom. The van der Waals surface area contributed by atoms with Gasteiger partial charge in [-0.25, -0.2) is 0 Å². The Labute approximate surface area is 137 Å². The standard InChI is InChI=1S/C19H14N4O/c1-12-3-2-4-13(9-12)17-18(23-7-8-24-19(23)21-17)14-5-6-16-15(10-14)11-20-22-16/h2-11H,1H3,(H,20,22). The summed E-state index contributed by atoms with van der Waals surface area (Å²) in [6.45, 7) is 2.08. The number of benzene rings is 2. The van der Waals surface area contributed by atoms with Gasteiger partial charge < -0.3 is 4.42 Å². The second kappa shape index (κ2) is 4.83. The maximum absolute atomic E-state index is 5.52. The minimum Gasteiger partial charge on any atom is -0.432 e. The topological polar surface area (TPSA) is 59.1 Å². The highest BCUT2D eigenvalue weighted by Gasteiger charge is 2.18. The van der Waals surface area contributed by atoms with Crippen LogP contribution in [0.3, 0.4) is 0 Å². The van der Waals surface area contributed by atoms with Crippen molar-refractivity contribution in [3.8, 4) is 22.5 Å². The van der Waals surface area contributed by atoms with Gasteiger partial charge in [0.25, 0.3) is 0 Å². The second-order valence-electron chi connectivity index (χ2n) is 5.91. The molecule has 5 nitrogen and oxygen atoms in total. The van der Waals surface area contributed by atoms with Crippen molar-refractivity contribution in [1.82, 2.24) is 19.6 Å². The van der Waals surface area contributed by atoms with Gasteiger partial charge in [-0.3, -0.25) is 9.50 Å². The van der Waals surface area contributed by atoms with Crippen LogP contribution in [0.4, 0.5) is 0 Å². The molecule has 1 N–H and O–H groups in total. The van der Waals surface area contributed by atoms with E-state index in [9.17, 15) is 0 Å². The highest BCUT2D eigenvalue weighted by molar-refractivity contribution is 5.88. The highest BCUT2D eigenvalue weighted by atomic mass is 16.3. The molecule has 0 bridgehead atoms. The third-order valence-electron chi connectivity index (χ3n) is 4.27. The molecule has 0 saturated carbocycles. The van der Waals surface area contributed by atoms with E-state index in [0.717, 1.165) is 33.4 Å². The fourth-order valence-electron chi connectivity index (χ4n) is 3.15. The Balaban J connectivity index is 1.82. The first-order valence-electron chi connectivity index (χ1n) is 7.76. The summed E-state index contributed by atoms with van der Waals surface area (Å²) in [5, 5.41) is 8.16. The molecule has 0 aliphatic carbocycles. The van der Waals surface area contributed by atoms with E-state index in [1.165, 1.54) is 5.56 Å². The Kier molecular flexibility index (Phi) is 2.64. The van der Waals surface area contributed by atoms with E-state index < -0.39 is 0 Å². The van der Waals surface area contributed by atoms with Crippen LogP contribution in [0.15, 0.2) is 65.5 Å². The molecule has 0 radical (unpaired) electrons. The van der Waals surface area contributed by atoms with Gasteiger partial charge in [0.2, 0.25) is 0 Å². The number of fused-ring (bicyclic) bond motifs is 2. The number of hydrogen-bond acceptors (Lipinski definition) is 3. The van der Waals surface area contributed by atoms with Gasteiger partial charge >= 0.3 is 5.84 Å². The van der Waals surface area contributed by atoms with E-state index in [1.807, 2.05) is 22.9 Å². The van der Waals surface area contributed by atoms with Gasteiger partial charge in [-0.15, -0.1) is 0 Å². The zero-order valence-electron chi connectivity index (χ0n) is 13.0. The minimum absolute atomic E-state index is 0.591. The number of hydrogen-bond donors (Lipinski definition) is 1. The molecule has 0 atom stereocenters. The molecule has 0 unspecified atom stereocenters. The first-order chi connectivity index (χ1) is 11.8. The van der Waals surface area contributed by atoms with E-state index >= 15 is 0 Å². The van der Waals surface area contributed by atoms with Crippen molar-refractivity contribution in [3.63, 3.8) is 0 Å². The number of rotatable bonds is 2. The van der Waals surface area contributed by atoms with Gasteiger partial charge in [-0.05, 0) is 25.1 Å². The Hall–Kier alpha value is -3.34. The monoisotopic (exact) mass is 314 g/mol. The summed E-state index contributed by atoms with van der Waals surface area (Å²) >= 11 is 0. The Morgan fingerprint density at radius 3 is 2.96 bits per heavy atom. The van der Waals surface area contributed by atoms with Crippen molar-refractivity contribution in [2.24, 2.45) is 0 Å². The molecule has 2 aromatic carbocycles. The van der Waals surface area contributed by atoms with E-state index in [4.69, 9.17) is 9.40 Å². The van der Waals surface area contributed by atoms with Gasteiger partial charge in [0.1, 0.15) is 12.0 Å². The van der Waals surface area contributed by atoms with Crippen LogP contribution in [0.25, 0.3) is 39.3 Å². The predicted octanol–water partition coefficient (Wildman–Crippen LogP) is 4.45. The van der Waals surface area contributed by atoms with Gasteiger partial charge in [-0.1, -0.05) is 29.8 Å². The van der Waals surface area contributed by atoms with Crippen LogP contribution in [0, 0.1) is 6.92 Å². The minimum atomic E-state index is 0.591. The van der Waals surface area contributed by atoms with Crippen molar-refractivity contribution in [2.75, 3.05) is 0 Å². The average Bonchev–Trinajstić information content (AvgIpc) is 3.29. The van der Waals surface area contributed by atoms with Crippen LogP contribution in [-0.2, 0) is 0 Å². The SMILES string of the molecule is Cc1cccc(-c2nc3occn3c2-c2ccc3[nH]ncc3c2)c1. The first kappa shape index (κ1) is 13.1. The van der Waals surface area contributed by atoms with Crippen molar-refractivity contribution in [2.45, 2.75) is 6.92 Å². The summed E-state index contributed by atoms with van der Waals surface area (Å²) in [4.78, 5) is 4.70. The van der Waals surface area contributed by atoms with E-state index in [2.05, 4.69) is 53.5 Å². The predicted molar refractivity (Wildman–Crippen MR) is 92.7 cm³/mol. The molecular formula is C19H14N4O. The van der Waals surface area contributed by atoms with Gasteiger partial charge in [0, 0.05) is 22.7 Å². The molecule has 0 saturated heterocycles. The summed E-state index contributed by atoms with van der Waals surface area (Å²) in [6.07, 6.45) is 5.39. The third kappa shape index (κ3) is 1.88. The largest absolute Gasteiger partial charge is 0.432 e. The fraction of sp³-hybridized carbons (Fsp3) is 0.0526. The molecule has 0 fully saturated rings. The zero-order chi connectivity index (χ0) is 16.1. The quantitative estimate of drug-likeness (QED) is 0.524. The van der Waals surface area contributed by atoms with E-state index in [-0.39, 0.29) is 0 Å². The number of oxazole rings is 1. The molecule has 5 rings (SSSR count). The van der Waals surface area contributed by atoms with E-state index in [1.54, 1.807) is 6.26 Å². The van der Waals surface area contributed by atoms with Crippen LogP contribution < -0.4 is 0 Å². The number of nitrogens with zero attached hydrogens (tertiary/aromatic N) is 3. The second-order valence-corrected chi connectivity index (χ2v) is 5.91. The smallest absolute Gasteiger partial charge is 0.306 e. The lowest BCUT2D eigenvalue weighted by atomic mass is 10.0. The molecule has 0 aliphatic heterocycles. The average molecular weight is 314 g/mol. The molecular weight excluding hydrogens is 300 g/mol. The third-order valence-corrected chi connectivity index (χ3v) is 4.27. The summed E-state index contributed by atoms with van der Waals surface area (Å²) < 4.78 is 7.50. The lowest BCUT2D eigenvalue weighted by Crippen LogP contribution is -1.88. The number of aromatic nitrogens is 4. The van der Waals surface area contributed by atoms with Crippen molar-refractivity contribution < 1.29 is 4.42 Å². The molecule has 5 aromatic rings. The maximum Gasteiger partial charge on any atom is 0.306 e. The summed E-state index contributed by atoms with van der Waals surface area (Å²) in [5.41, 5.74) is 6.32. The number of aryl methyl sites for hydroxylation is 1. The van der Waals surface area contributed by atoms with Gasteiger partial charge in [0.05, 0.1) is 17.4 Å². The molecule has 0 aliphatic rings. The molecule has 3 heterocycles. The normalized spacial score (nSPS) is 11.5. The van der Waals surface area contributed by atoms with Crippen LogP contribution in [0.5, 0.6) is 0 Å². The number of aromatic amines is 1. The molecule has 0 spiro atoms. The Morgan fingerprint density at radius 1 is 1.08 bits per heavy atom. The Bertz CT molecular complexity index is 1180. The highest BCUT2D eigenvalue weighted by Crippen LogP contribution is 2.34. The van der Waals surface area contributed by atoms with Crippen LogP contribution in [0.1, 0.15) is 5.56 Å². The van der Waals surface area contributed by atoms with E-state index in [0.29, 0.717) is 5.84 Å². The van der Waals surface area contributed by atoms with Gasteiger partial charge in [0.15, 0.2) is 0 Å². The summed E-state index contributed by atoms with van der Waals surface area (Å²) in [6, 6.07) is 14.6. The molecule has 3 aromatic heterocycles. The number of imidazole rings is 1. The summed E-state index contributed by atoms with van der Waals surface area (Å²) in [7, 11) is 0. The summed E-state index contributed by atoms with van der Waals surface area (Å²) in [5.74, 6) is 0.591. The molecule has 0 amide bonds. The van der Waals surface area contributed by atoms with Crippen molar-refractivity contribution in [3.05, 3.63) is 66.7 Å². The fourth-order valence-corrected chi connectivity index (χ4v) is 3.15. The number of H-pyrrole nitrogens is 1. The van der Waals surface area contributed by atoms with Gasteiger partial charge in [-0.2, -0.15) is 10.1 Å². The number of nitrogens with one attached hydrogen (secondary N) is 1.